The molecule has 0 heterocycles. The zero-order chi connectivity index (χ0) is 18.6. The van der Waals surface area contributed by atoms with E-state index in [0.29, 0.717) is 0 Å². The Balaban J connectivity index is 4.29. The third-order valence-electron chi connectivity index (χ3n) is 6.03. The third-order valence-corrected chi connectivity index (χ3v) is 6.03. The zero-order valence-corrected chi connectivity index (χ0v) is 18.6. The predicted molar refractivity (Wildman–Crippen MR) is 117 cm³/mol. The molecular formula is C25H52. The fourth-order valence-electron chi connectivity index (χ4n) is 4.30. The number of unbranched alkanes of at least 4 members (excludes halogenated alkanes) is 10. The second-order valence-electron chi connectivity index (χ2n) is 8.66. The molecule has 0 aromatic heterocycles. The summed E-state index contributed by atoms with van der Waals surface area (Å²) in [7, 11) is 0. The summed E-state index contributed by atoms with van der Waals surface area (Å²) in [4.78, 5) is 0. The van der Waals surface area contributed by atoms with E-state index in [-0.39, 0.29) is 0 Å². The van der Waals surface area contributed by atoms with Gasteiger partial charge in [0, 0.05) is 0 Å². The van der Waals surface area contributed by atoms with E-state index >= 15 is 0 Å². The molecule has 0 saturated carbocycles. The lowest BCUT2D eigenvalue weighted by atomic mass is 9.82. The molecule has 0 bridgehead atoms. The second-order valence-corrected chi connectivity index (χ2v) is 8.66. The van der Waals surface area contributed by atoms with Crippen molar-refractivity contribution in [1.82, 2.24) is 0 Å². The minimum Gasteiger partial charge on any atom is -0.0654 e. The maximum atomic E-state index is 2.36. The summed E-state index contributed by atoms with van der Waals surface area (Å²) in [5, 5.41) is 0. The lowest BCUT2D eigenvalue weighted by molar-refractivity contribution is 0.284. The minimum atomic E-state index is 1.03. The molecule has 0 fully saturated rings. The summed E-state index contributed by atoms with van der Waals surface area (Å²) < 4.78 is 0. The fourth-order valence-corrected chi connectivity index (χ4v) is 4.30. The monoisotopic (exact) mass is 352 g/mol. The van der Waals surface area contributed by atoms with Gasteiger partial charge in [0.1, 0.15) is 0 Å². The fraction of sp³-hybridized carbons (Fsp3) is 1.00. The largest absolute Gasteiger partial charge is 0.0654 e. The summed E-state index contributed by atoms with van der Waals surface area (Å²) in [5.41, 5.74) is 0. The van der Waals surface area contributed by atoms with Crippen molar-refractivity contribution in [3.63, 3.8) is 0 Å². The average Bonchev–Trinajstić information content (AvgIpc) is 2.62. The molecule has 0 nitrogen and oxygen atoms in total. The van der Waals surface area contributed by atoms with Crippen LogP contribution in [0.2, 0.25) is 0 Å². The SMILES string of the molecule is CCCCCCCC(CCCC)CC(CCCCC)CCCCCC. The van der Waals surface area contributed by atoms with Crippen LogP contribution in [-0.2, 0) is 0 Å². The molecule has 0 aromatic carbocycles. The van der Waals surface area contributed by atoms with E-state index < -0.39 is 0 Å². The normalized spacial score (nSPS) is 13.9. The summed E-state index contributed by atoms with van der Waals surface area (Å²) in [6.07, 6.45) is 27.7. The molecule has 0 aliphatic carbocycles. The van der Waals surface area contributed by atoms with Gasteiger partial charge in [-0.15, -0.1) is 0 Å². The second kappa shape index (κ2) is 20.3. The number of hydrogen-bond donors (Lipinski definition) is 0. The quantitative estimate of drug-likeness (QED) is 0.191. The van der Waals surface area contributed by atoms with Crippen LogP contribution < -0.4 is 0 Å². The van der Waals surface area contributed by atoms with E-state index in [2.05, 4.69) is 27.7 Å². The average molecular weight is 353 g/mol. The molecule has 0 spiro atoms. The smallest absolute Gasteiger partial charge is 0.0412 e. The van der Waals surface area contributed by atoms with E-state index in [0.717, 1.165) is 11.8 Å². The van der Waals surface area contributed by atoms with Gasteiger partial charge in [-0.25, -0.2) is 0 Å². The van der Waals surface area contributed by atoms with Crippen molar-refractivity contribution in [3.8, 4) is 0 Å². The molecule has 0 heteroatoms. The first-order valence-electron chi connectivity index (χ1n) is 12.3. The molecule has 0 N–H and O–H groups in total. The Bertz CT molecular complexity index is 232. The van der Waals surface area contributed by atoms with Gasteiger partial charge >= 0.3 is 0 Å². The van der Waals surface area contributed by atoms with Gasteiger partial charge in [-0.3, -0.25) is 0 Å². The highest BCUT2D eigenvalue weighted by atomic mass is 14.2. The van der Waals surface area contributed by atoms with Crippen LogP contribution in [0.1, 0.15) is 150 Å². The van der Waals surface area contributed by atoms with Crippen LogP contribution in [-0.4, -0.2) is 0 Å². The molecule has 0 saturated heterocycles. The highest BCUT2D eigenvalue weighted by Gasteiger charge is 2.16. The summed E-state index contributed by atoms with van der Waals surface area (Å²) >= 11 is 0. The van der Waals surface area contributed by atoms with Crippen LogP contribution >= 0.6 is 0 Å². The minimum absolute atomic E-state index is 1.03. The van der Waals surface area contributed by atoms with E-state index in [1.807, 2.05) is 0 Å². The van der Waals surface area contributed by atoms with Gasteiger partial charge in [0.05, 0.1) is 0 Å². The molecule has 2 atom stereocenters. The molecule has 0 radical (unpaired) electrons. The Labute approximate surface area is 161 Å². The summed E-state index contributed by atoms with van der Waals surface area (Å²) in [6, 6.07) is 0. The van der Waals surface area contributed by atoms with Crippen LogP contribution in [0.15, 0.2) is 0 Å². The van der Waals surface area contributed by atoms with Crippen LogP contribution in [0, 0.1) is 11.8 Å². The molecule has 0 aliphatic rings. The Morgan fingerprint density at radius 1 is 0.360 bits per heavy atom. The maximum Gasteiger partial charge on any atom is -0.0412 e. The molecular weight excluding hydrogens is 300 g/mol. The third kappa shape index (κ3) is 17.2. The van der Waals surface area contributed by atoms with Gasteiger partial charge in [-0.2, -0.15) is 0 Å². The van der Waals surface area contributed by atoms with Gasteiger partial charge in [0.25, 0.3) is 0 Å². The molecule has 0 aromatic rings. The van der Waals surface area contributed by atoms with Crippen molar-refractivity contribution in [1.29, 1.82) is 0 Å². The lowest BCUT2D eigenvalue weighted by Crippen LogP contribution is -2.10. The standard InChI is InChI=1S/C25H52/c1-5-9-13-15-18-22-24(19-12-8-4)23-25(20-16-11-7-3)21-17-14-10-6-2/h24-25H,5-23H2,1-4H3. The molecule has 0 amide bonds. The van der Waals surface area contributed by atoms with Gasteiger partial charge in [-0.1, -0.05) is 143 Å². The molecule has 0 aliphatic heterocycles. The zero-order valence-electron chi connectivity index (χ0n) is 18.6. The van der Waals surface area contributed by atoms with Crippen molar-refractivity contribution < 1.29 is 0 Å². The van der Waals surface area contributed by atoms with Crippen LogP contribution in [0.5, 0.6) is 0 Å². The van der Waals surface area contributed by atoms with Crippen LogP contribution in [0.25, 0.3) is 0 Å². The van der Waals surface area contributed by atoms with Gasteiger partial charge in [-0.05, 0) is 18.3 Å². The van der Waals surface area contributed by atoms with Crippen molar-refractivity contribution in [2.45, 2.75) is 150 Å². The van der Waals surface area contributed by atoms with Gasteiger partial charge in [0.2, 0.25) is 0 Å². The van der Waals surface area contributed by atoms with Crippen molar-refractivity contribution >= 4 is 0 Å². The number of rotatable bonds is 20. The Kier molecular flexibility index (Phi) is 20.3. The summed E-state index contributed by atoms with van der Waals surface area (Å²) in [6.45, 7) is 9.36. The highest BCUT2D eigenvalue weighted by molar-refractivity contribution is 4.68. The highest BCUT2D eigenvalue weighted by Crippen LogP contribution is 2.30. The van der Waals surface area contributed by atoms with Crippen molar-refractivity contribution in [2.75, 3.05) is 0 Å². The van der Waals surface area contributed by atoms with Gasteiger partial charge in [0.15, 0.2) is 0 Å². The van der Waals surface area contributed by atoms with E-state index in [1.165, 1.54) is 116 Å². The van der Waals surface area contributed by atoms with E-state index in [1.54, 1.807) is 6.42 Å². The first-order chi connectivity index (χ1) is 12.3. The summed E-state index contributed by atoms with van der Waals surface area (Å²) in [5.74, 6) is 2.06. The van der Waals surface area contributed by atoms with Crippen molar-refractivity contribution in [3.05, 3.63) is 0 Å². The topological polar surface area (TPSA) is 0 Å². The molecule has 152 valence electrons. The Morgan fingerprint density at radius 3 is 1.16 bits per heavy atom. The first-order valence-corrected chi connectivity index (χ1v) is 12.3. The lowest BCUT2D eigenvalue weighted by Gasteiger charge is -2.24. The van der Waals surface area contributed by atoms with E-state index in [9.17, 15) is 0 Å². The van der Waals surface area contributed by atoms with Crippen LogP contribution in [0.3, 0.4) is 0 Å². The Morgan fingerprint density at radius 2 is 0.680 bits per heavy atom. The molecule has 2 unspecified atom stereocenters. The van der Waals surface area contributed by atoms with E-state index in [4.69, 9.17) is 0 Å². The Hall–Kier alpha value is 0. The van der Waals surface area contributed by atoms with Gasteiger partial charge < -0.3 is 0 Å². The first kappa shape index (κ1) is 25.0. The molecule has 0 rings (SSSR count). The van der Waals surface area contributed by atoms with Crippen molar-refractivity contribution in [2.24, 2.45) is 11.8 Å². The molecule has 25 heavy (non-hydrogen) atoms. The van der Waals surface area contributed by atoms with Crippen LogP contribution in [0.4, 0.5) is 0 Å². The predicted octanol–water partition coefficient (Wildman–Crippen LogP) is 9.71. The maximum absolute atomic E-state index is 2.36. The number of hydrogen-bond acceptors (Lipinski definition) is 0.